The number of hydrogen-bond acceptors (Lipinski definition) is 3. The topological polar surface area (TPSA) is 93.9 Å². The number of amidine groups is 1. The van der Waals surface area contributed by atoms with Gasteiger partial charge in [-0.2, -0.15) is 0 Å². The quantitative estimate of drug-likeness (QED) is 0.304. The minimum Gasteiger partial charge on any atom is -0.306 e. The largest absolute Gasteiger partial charge is 0.326 e. The summed E-state index contributed by atoms with van der Waals surface area (Å²) in [6.45, 7) is 0. The molecule has 78 valence electrons. The molecule has 1 aromatic heterocycles. The fraction of sp³-hybridized carbons (Fsp3) is 0.111. The molecule has 6 heteroatoms. The van der Waals surface area contributed by atoms with Gasteiger partial charge in [0.15, 0.2) is 0 Å². The Morgan fingerprint density at radius 1 is 1.60 bits per heavy atom. The lowest BCUT2D eigenvalue weighted by molar-refractivity contribution is 0.234. The summed E-state index contributed by atoms with van der Waals surface area (Å²) >= 11 is 0. The van der Waals surface area contributed by atoms with Gasteiger partial charge in [-0.3, -0.25) is 20.7 Å². The number of fused-ring (bicyclic) bond motifs is 1. The minimum absolute atomic E-state index is 0.106. The monoisotopic (exact) mass is 206 g/mol. The van der Waals surface area contributed by atoms with Crippen LogP contribution in [0, 0.1) is 5.41 Å². The van der Waals surface area contributed by atoms with Crippen molar-refractivity contribution in [3.63, 3.8) is 0 Å². The van der Waals surface area contributed by atoms with E-state index in [-0.39, 0.29) is 11.5 Å². The number of nitrogens with one attached hydrogen (secondary N) is 3. The lowest BCUT2D eigenvalue weighted by atomic mass is 10.2. The van der Waals surface area contributed by atoms with Crippen LogP contribution in [0.4, 0.5) is 0 Å². The van der Waals surface area contributed by atoms with Gasteiger partial charge in [0.2, 0.25) is 0 Å². The van der Waals surface area contributed by atoms with Gasteiger partial charge in [0.1, 0.15) is 5.84 Å². The van der Waals surface area contributed by atoms with Crippen LogP contribution in [0.2, 0.25) is 0 Å². The van der Waals surface area contributed by atoms with Crippen LogP contribution in [0.25, 0.3) is 11.0 Å². The fourth-order valence-corrected chi connectivity index (χ4v) is 1.44. The van der Waals surface area contributed by atoms with E-state index >= 15 is 0 Å². The van der Waals surface area contributed by atoms with Crippen molar-refractivity contribution in [2.75, 3.05) is 0 Å². The molecule has 0 bridgehead atoms. The number of benzene rings is 1. The molecule has 0 amide bonds. The maximum Gasteiger partial charge on any atom is 0.326 e. The van der Waals surface area contributed by atoms with Crippen molar-refractivity contribution < 1.29 is 5.21 Å². The molecule has 4 N–H and O–H groups in total. The summed E-state index contributed by atoms with van der Waals surface area (Å²) in [6, 6.07) is 4.99. The van der Waals surface area contributed by atoms with Gasteiger partial charge in [0.05, 0.1) is 11.0 Å². The van der Waals surface area contributed by atoms with E-state index in [1.807, 2.05) is 0 Å². The van der Waals surface area contributed by atoms with Crippen molar-refractivity contribution in [1.82, 2.24) is 15.0 Å². The van der Waals surface area contributed by atoms with Crippen LogP contribution in [-0.2, 0) is 7.05 Å². The number of imidazole rings is 1. The van der Waals surface area contributed by atoms with Crippen LogP contribution in [0.5, 0.6) is 0 Å². The van der Waals surface area contributed by atoms with Crippen LogP contribution >= 0.6 is 0 Å². The first-order chi connectivity index (χ1) is 7.13. The summed E-state index contributed by atoms with van der Waals surface area (Å²) in [4.78, 5) is 13.9. The lowest BCUT2D eigenvalue weighted by Gasteiger charge is -2.02. The second-order valence-corrected chi connectivity index (χ2v) is 3.21. The Morgan fingerprint density at radius 3 is 3.00 bits per heavy atom. The highest BCUT2D eigenvalue weighted by Crippen LogP contribution is 2.11. The minimum atomic E-state index is -0.203. The Balaban J connectivity index is 2.69. The molecule has 1 aromatic carbocycles. The standard InChI is InChI=1S/C9H10N4O2/c1-13-7-4-5(8(10)12-15)2-3-6(7)11-9(13)14/h2-4,15H,1H3,(H2,10,12)(H,11,14). The molecule has 1 heterocycles. The van der Waals surface area contributed by atoms with E-state index in [9.17, 15) is 4.79 Å². The van der Waals surface area contributed by atoms with Crippen molar-refractivity contribution in [2.45, 2.75) is 0 Å². The highest BCUT2D eigenvalue weighted by atomic mass is 16.5. The summed E-state index contributed by atoms with van der Waals surface area (Å²) in [6.07, 6.45) is 0. The van der Waals surface area contributed by atoms with E-state index in [4.69, 9.17) is 10.6 Å². The first-order valence-corrected chi connectivity index (χ1v) is 4.31. The molecule has 6 nitrogen and oxygen atoms in total. The summed E-state index contributed by atoms with van der Waals surface area (Å²) in [5, 5.41) is 16.0. The van der Waals surface area contributed by atoms with E-state index < -0.39 is 0 Å². The molecule has 0 aliphatic rings. The van der Waals surface area contributed by atoms with Gasteiger partial charge < -0.3 is 4.98 Å². The molecule has 0 aliphatic heterocycles. The van der Waals surface area contributed by atoms with Crippen molar-refractivity contribution >= 4 is 16.9 Å². The normalized spacial score (nSPS) is 10.5. The summed E-state index contributed by atoms with van der Waals surface area (Å²) in [5.74, 6) is -0.106. The van der Waals surface area contributed by atoms with Gasteiger partial charge in [-0.25, -0.2) is 4.79 Å². The van der Waals surface area contributed by atoms with Crippen molar-refractivity contribution in [3.8, 4) is 0 Å². The zero-order valence-corrected chi connectivity index (χ0v) is 8.03. The summed E-state index contributed by atoms with van der Waals surface area (Å²) in [5.41, 5.74) is 3.47. The maximum atomic E-state index is 11.3. The molecule has 0 aliphatic carbocycles. The van der Waals surface area contributed by atoms with Crippen molar-refractivity contribution in [3.05, 3.63) is 34.2 Å². The Labute approximate surface area is 84.6 Å². The second-order valence-electron chi connectivity index (χ2n) is 3.21. The van der Waals surface area contributed by atoms with Gasteiger partial charge in [-0.1, -0.05) is 0 Å². The number of nitrogens with zero attached hydrogens (tertiary/aromatic N) is 1. The smallest absolute Gasteiger partial charge is 0.306 e. The summed E-state index contributed by atoms with van der Waals surface area (Å²) < 4.78 is 1.45. The molecule has 0 saturated heterocycles. The molecule has 0 saturated carbocycles. The molecule has 0 spiro atoms. The third-order valence-corrected chi connectivity index (χ3v) is 2.31. The number of H-pyrrole nitrogens is 1. The Bertz CT molecular complexity index is 581. The second kappa shape index (κ2) is 3.25. The number of aryl methyl sites for hydroxylation is 1. The van der Waals surface area contributed by atoms with Gasteiger partial charge in [-0.05, 0) is 18.2 Å². The number of aromatic amines is 1. The zero-order valence-electron chi connectivity index (χ0n) is 8.03. The van der Waals surface area contributed by atoms with Gasteiger partial charge in [-0.15, -0.1) is 0 Å². The third-order valence-electron chi connectivity index (χ3n) is 2.31. The summed E-state index contributed by atoms with van der Waals surface area (Å²) in [7, 11) is 1.64. The van der Waals surface area contributed by atoms with Gasteiger partial charge in [0, 0.05) is 12.6 Å². The van der Waals surface area contributed by atoms with Gasteiger partial charge >= 0.3 is 5.69 Å². The molecule has 15 heavy (non-hydrogen) atoms. The number of rotatable bonds is 1. The van der Waals surface area contributed by atoms with E-state index in [2.05, 4.69) is 4.98 Å². The van der Waals surface area contributed by atoms with E-state index in [0.29, 0.717) is 16.6 Å². The van der Waals surface area contributed by atoms with Crippen molar-refractivity contribution in [1.29, 1.82) is 5.41 Å². The molecule has 0 atom stereocenters. The fourth-order valence-electron chi connectivity index (χ4n) is 1.44. The molecular weight excluding hydrogens is 196 g/mol. The molecule has 2 aromatic rings. The average molecular weight is 206 g/mol. The van der Waals surface area contributed by atoms with Crippen molar-refractivity contribution in [2.24, 2.45) is 7.05 Å². The van der Waals surface area contributed by atoms with Crippen LogP contribution < -0.4 is 11.2 Å². The highest BCUT2D eigenvalue weighted by molar-refractivity contribution is 5.98. The predicted molar refractivity (Wildman–Crippen MR) is 55.3 cm³/mol. The van der Waals surface area contributed by atoms with Crippen LogP contribution in [-0.4, -0.2) is 20.6 Å². The maximum absolute atomic E-state index is 11.3. The SMILES string of the molecule is Cn1c(=O)[nH]c2ccc(C(=N)NO)cc21. The van der Waals surface area contributed by atoms with E-state index in [1.54, 1.807) is 30.7 Å². The molecular formula is C9H10N4O2. The van der Waals surface area contributed by atoms with E-state index in [0.717, 1.165) is 0 Å². The number of hydrogen-bond donors (Lipinski definition) is 4. The predicted octanol–water partition coefficient (Wildman–Crippen LogP) is 0.171. The molecule has 2 rings (SSSR count). The first-order valence-electron chi connectivity index (χ1n) is 4.31. The third kappa shape index (κ3) is 1.40. The number of hydroxylamine groups is 1. The zero-order chi connectivity index (χ0) is 11.0. The average Bonchev–Trinajstić information content (AvgIpc) is 2.54. The first kappa shape index (κ1) is 9.47. The van der Waals surface area contributed by atoms with Crippen LogP contribution in [0.1, 0.15) is 5.56 Å². The Hall–Kier alpha value is -2.08. The Morgan fingerprint density at radius 2 is 2.33 bits per heavy atom. The highest BCUT2D eigenvalue weighted by Gasteiger charge is 2.06. The molecule has 0 fully saturated rings. The molecule has 0 unspecified atom stereocenters. The molecule has 0 radical (unpaired) electrons. The van der Waals surface area contributed by atoms with Crippen LogP contribution in [0.3, 0.4) is 0 Å². The van der Waals surface area contributed by atoms with E-state index in [1.165, 1.54) is 4.57 Å². The van der Waals surface area contributed by atoms with Crippen LogP contribution in [0.15, 0.2) is 23.0 Å². The lowest BCUT2D eigenvalue weighted by Crippen LogP contribution is -2.18. The Kier molecular flexibility index (Phi) is 2.05. The number of aromatic nitrogens is 2. The van der Waals surface area contributed by atoms with Gasteiger partial charge in [0.25, 0.3) is 0 Å².